The number of rotatable bonds is 5. The van der Waals surface area contributed by atoms with Crippen LogP contribution >= 0.6 is 23.1 Å². The summed E-state index contributed by atoms with van der Waals surface area (Å²) in [5.41, 5.74) is 0. The van der Waals surface area contributed by atoms with Crippen molar-refractivity contribution in [2.45, 2.75) is 32.9 Å². The summed E-state index contributed by atoms with van der Waals surface area (Å²) < 4.78 is 0. The Morgan fingerprint density at radius 1 is 1.43 bits per heavy atom. The standard InChI is InChI=1S/C15H22N4S2/c1-3-5-16-14-12-4-7-21-15(12)18-13(17-14)9-19-6-8-20-10-11(19)2/h4,7,11H,3,5-6,8-10H2,1-2H3,(H,16,17,18). The summed E-state index contributed by atoms with van der Waals surface area (Å²) in [4.78, 5) is 13.1. The van der Waals surface area contributed by atoms with Gasteiger partial charge in [0.1, 0.15) is 16.5 Å². The molecule has 0 bridgehead atoms. The highest BCUT2D eigenvalue weighted by molar-refractivity contribution is 7.99. The molecule has 1 saturated heterocycles. The largest absolute Gasteiger partial charge is 0.369 e. The summed E-state index contributed by atoms with van der Waals surface area (Å²) >= 11 is 3.74. The SMILES string of the molecule is CCCNc1nc(CN2CCSCC2C)nc2sccc12. The first kappa shape index (κ1) is 15.1. The molecule has 114 valence electrons. The van der Waals surface area contributed by atoms with E-state index in [1.807, 2.05) is 11.8 Å². The van der Waals surface area contributed by atoms with Crippen molar-refractivity contribution in [3.8, 4) is 0 Å². The van der Waals surface area contributed by atoms with Gasteiger partial charge in [-0.1, -0.05) is 6.92 Å². The number of thiophene rings is 1. The summed E-state index contributed by atoms with van der Waals surface area (Å²) in [7, 11) is 0. The zero-order valence-electron chi connectivity index (χ0n) is 12.6. The molecule has 0 aromatic carbocycles. The number of nitrogens with zero attached hydrogens (tertiary/aromatic N) is 3. The number of fused-ring (bicyclic) bond motifs is 1. The fraction of sp³-hybridized carbons (Fsp3) is 0.600. The Morgan fingerprint density at radius 3 is 3.14 bits per heavy atom. The quantitative estimate of drug-likeness (QED) is 0.913. The molecule has 6 heteroatoms. The predicted molar refractivity (Wildman–Crippen MR) is 93.4 cm³/mol. The van der Waals surface area contributed by atoms with Crippen LogP contribution in [0.25, 0.3) is 10.2 Å². The van der Waals surface area contributed by atoms with Crippen molar-refractivity contribution in [1.82, 2.24) is 14.9 Å². The molecule has 1 aliphatic rings. The van der Waals surface area contributed by atoms with Gasteiger partial charge in [0.25, 0.3) is 0 Å². The number of aromatic nitrogens is 2. The number of anilines is 1. The lowest BCUT2D eigenvalue weighted by Crippen LogP contribution is -2.40. The maximum absolute atomic E-state index is 4.78. The first-order valence-electron chi connectivity index (χ1n) is 7.57. The third kappa shape index (κ3) is 3.49. The van der Waals surface area contributed by atoms with Gasteiger partial charge in [0, 0.05) is 30.6 Å². The van der Waals surface area contributed by atoms with Crippen molar-refractivity contribution in [2.24, 2.45) is 0 Å². The van der Waals surface area contributed by atoms with Gasteiger partial charge in [0.15, 0.2) is 0 Å². The van der Waals surface area contributed by atoms with Crippen LogP contribution in [-0.4, -0.2) is 45.5 Å². The van der Waals surface area contributed by atoms with Crippen LogP contribution in [0.2, 0.25) is 0 Å². The first-order chi connectivity index (χ1) is 10.3. The van der Waals surface area contributed by atoms with Crippen LogP contribution in [0, 0.1) is 0 Å². The molecule has 0 saturated carbocycles. The van der Waals surface area contributed by atoms with E-state index in [1.165, 1.54) is 11.5 Å². The van der Waals surface area contributed by atoms with Gasteiger partial charge in [-0.25, -0.2) is 9.97 Å². The number of nitrogens with one attached hydrogen (secondary N) is 1. The lowest BCUT2D eigenvalue weighted by Gasteiger charge is -2.32. The van der Waals surface area contributed by atoms with E-state index in [0.29, 0.717) is 6.04 Å². The van der Waals surface area contributed by atoms with Gasteiger partial charge < -0.3 is 5.32 Å². The Balaban J connectivity index is 1.84. The summed E-state index contributed by atoms with van der Waals surface area (Å²) in [6.07, 6.45) is 1.10. The Morgan fingerprint density at radius 2 is 2.33 bits per heavy atom. The molecule has 2 aromatic rings. The zero-order valence-corrected chi connectivity index (χ0v) is 14.3. The summed E-state index contributed by atoms with van der Waals surface area (Å²) in [6, 6.07) is 2.72. The molecular weight excluding hydrogens is 300 g/mol. The van der Waals surface area contributed by atoms with E-state index >= 15 is 0 Å². The lowest BCUT2D eigenvalue weighted by molar-refractivity contribution is 0.219. The zero-order chi connectivity index (χ0) is 14.7. The molecule has 1 fully saturated rings. The van der Waals surface area contributed by atoms with Crippen molar-refractivity contribution < 1.29 is 0 Å². The Kier molecular flexibility index (Phi) is 4.98. The molecule has 0 aliphatic carbocycles. The van der Waals surface area contributed by atoms with Crippen LogP contribution in [0.3, 0.4) is 0 Å². The molecule has 0 spiro atoms. The van der Waals surface area contributed by atoms with E-state index in [4.69, 9.17) is 9.97 Å². The Hall–Kier alpha value is -0.850. The van der Waals surface area contributed by atoms with Gasteiger partial charge in [-0.3, -0.25) is 4.90 Å². The van der Waals surface area contributed by atoms with Crippen molar-refractivity contribution >= 4 is 39.1 Å². The minimum Gasteiger partial charge on any atom is -0.369 e. The number of thioether (sulfide) groups is 1. The normalized spacial score (nSPS) is 20.0. The maximum atomic E-state index is 4.78. The molecule has 3 heterocycles. The van der Waals surface area contributed by atoms with Crippen molar-refractivity contribution in [2.75, 3.05) is 29.9 Å². The Labute approximate surface area is 134 Å². The molecule has 21 heavy (non-hydrogen) atoms. The lowest BCUT2D eigenvalue weighted by atomic mass is 10.3. The highest BCUT2D eigenvalue weighted by Crippen LogP contribution is 2.26. The summed E-state index contributed by atoms with van der Waals surface area (Å²) in [5.74, 6) is 4.37. The van der Waals surface area contributed by atoms with E-state index < -0.39 is 0 Å². The molecule has 0 radical (unpaired) electrons. The van der Waals surface area contributed by atoms with Crippen LogP contribution in [-0.2, 0) is 6.54 Å². The second-order valence-electron chi connectivity index (χ2n) is 5.45. The minimum absolute atomic E-state index is 0.610. The molecule has 1 unspecified atom stereocenters. The van der Waals surface area contributed by atoms with Crippen molar-refractivity contribution in [3.63, 3.8) is 0 Å². The van der Waals surface area contributed by atoms with E-state index in [2.05, 4.69) is 35.5 Å². The Bertz CT molecular complexity index is 598. The fourth-order valence-electron chi connectivity index (χ4n) is 2.53. The van der Waals surface area contributed by atoms with Gasteiger partial charge in [-0.05, 0) is 24.8 Å². The van der Waals surface area contributed by atoms with E-state index in [9.17, 15) is 0 Å². The second kappa shape index (κ2) is 6.94. The van der Waals surface area contributed by atoms with Crippen LogP contribution in [0.15, 0.2) is 11.4 Å². The first-order valence-corrected chi connectivity index (χ1v) is 9.61. The third-order valence-electron chi connectivity index (χ3n) is 3.76. The van der Waals surface area contributed by atoms with E-state index in [1.54, 1.807) is 11.3 Å². The van der Waals surface area contributed by atoms with Gasteiger partial charge in [0.2, 0.25) is 0 Å². The topological polar surface area (TPSA) is 41.1 Å². The highest BCUT2D eigenvalue weighted by Gasteiger charge is 2.20. The highest BCUT2D eigenvalue weighted by atomic mass is 32.2. The predicted octanol–water partition coefficient (Wildman–Crippen LogP) is 3.45. The average Bonchev–Trinajstić information content (AvgIpc) is 2.95. The van der Waals surface area contributed by atoms with Gasteiger partial charge in [-0.2, -0.15) is 11.8 Å². The van der Waals surface area contributed by atoms with Crippen molar-refractivity contribution in [1.29, 1.82) is 0 Å². The molecule has 1 N–H and O–H groups in total. The molecule has 1 aliphatic heterocycles. The van der Waals surface area contributed by atoms with Crippen LogP contribution in [0.4, 0.5) is 5.82 Å². The van der Waals surface area contributed by atoms with E-state index in [-0.39, 0.29) is 0 Å². The monoisotopic (exact) mass is 322 g/mol. The smallest absolute Gasteiger partial charge is 0.146 e. The summed E-state index contributed by atoms with van der Waals surface area (Å²) in [5, 5.41) is 6.70. The van der Waals surface area contributed by atoms with Gasteiger partial charge >= 0.3 is 0 Å². The van der Waals surface area contributed by atoms with Crippen molar-refractivity contribution in [3.05, 3.63) is 17.3 Å². The van der Waals surface area contributed by atoms with Gasteiger partial charge in [-0.15, -0.1) is 11.3 Å². The van der Waals surface area contributed by atoms with Gasteiger partial charge in [0.05, 0.1) is 11.9 Å². The second-order valence-corrected chi connectivity index (χ2v) is 7.49. The minimum atomic E-state index is 0.610. The number of hydrogen-bond donors (Lipinski definition) is 1. The maximum Gasteiger partial charge on any atom is 0.146 e. The molecule has 0 amide bonds. The molecule has 3 rings (SSSR count). The molecule has 2 aromatic heterocycles. The van der Waals surface area contributed by atoms with Crippen LogP contribution in [0.5, 0.6) is 0 Å². The fourth-order valence-corrected chi connectivity index (χ4v) is 4.39. The van der Waals surface area contributed by atoms with Crippen LogP contribution < -0.4 is 5.32 Å². The molecular formula is C15H22N4S2. The van der Waals surface area contributed by atoms with E-state index in [0.717, 1.165) is 47.9 Å². The molecule has 1 atom stereocenters. The van der Waals surface area contributed by atoms with Crippen LogP contribution in [0.1, 0.15) is 26.1 Å². The number of hydrogen-bond acceptors (Lipinski definition) is 6. The molecule has 4 nitrogen and oxygen atoms in total. The third-order valence-corrected chi connectivity index (χ3v) is 5.76. The average molecular weight is 323 g/mol. The summed E-state index contributed by atoms with van der Waals surface area (Å²) in [6.45, 7) is 7.42.